The van der Waals surface area contributed by atoms with Gasteiger partial charge in [-0.05, 0) is 12.8 Å². The number of aliphatic hydroxyl groups excluding tert-OH is 1. The van der Waals surface area contributed by atoms with E-state index in [9.17, 15) is 0 Å². The summed E-state index contributed by atoms with van der Waals surface area (Å²) in [7, 11) is 1.53. The van der Waals surface area contributed by atoms with Gasteiger partial charge < -0.3 is 20.3 Å². The Labute approximate surface area is 109 Å². The molecular weight excluding hydrogens is 250 g/mol. The van der Waals surface area contributed by atoms with E-state index in [0.29, 0.717) is 23.0 Å². The van der Waals surface area contributed by atoms with E-state index in [1.54, 1.807) is 4.57 Å². The van der Waals surface area contributed by atoms with Crippen molar-refractivity contribution in [3.05, 3.63) is 6.33 Å². The van der Waals surface area contributed by atoms with Crippen molar-refractivity contribution in [2.45, 2.75) is 25.2 Å². The highest BCUT2D eigenvalue weighted by Gasteiger charge is 2.30. The minimum atomic E-state index is -0.258. The van der Waals surface area contributed by atoms with Gasteiger partial charge in [-0.25, -0.2) is 9.97 Å². The quantitative estimate of drug-likeness (QED) is 0.809. The number of aromatic nitrogens is 4. The molecule has 3 rings (SSSR count). The van der Waals surface area contributed by atoms with E-state index in [2.05, 4.69) is 15.0 Å². The van der Waals surface area contributed by atoms with Crippen molar-refractivity contribution in [3.8, 4) is 6.01 Å². The average molecular weight is 265 g/mol. The Kier molecular flexibility index (Phi) is 2.96. The molecule has 2 aromatic heterocycles. The SMILES string of the molecule is COc1nc2c(N)ncnc2n1C1CCC(CO)O1. The molecule has 0 amide bonds. The first-order valence-electron chi connectivity index (χ1n) is 6.03. The fourth-order valence-electron chi connectivity index (χ4n) is 2.32. The van der Waals surface area contributed by atoms with Gasteiger partial charge in [0.05, 0.1) is 19.8 Å². The van der Waals surface area contributed by atoms with E-state index in [4.69, 9.17) is 20.3 Å². The van der Waals surface area contributed by atoms with Crippen molar-refractivity contribution in [1.29, 1.82) is 0 Å². The van der Waals surface area contributed by atoms with E-state index in [0.717, 1.165) is 12.8 Å². The van der Waals surface area contributed by atoms with Crippen LogP contribution in [0.4, 0.5) is 5.82 Å². The molecule has 8 nitrogen and oxygen atoms in total. The molecular formula is C11H15N5O3. The average Bonchev–Trinajstić information content (AvgIpc) is 3.02. The van der Waals surface area contributed by atoms with Gasteiger partial charge in [-0.2, -0.15) is 4.98 Å². The lowest BCUT2D eigenvalue weighted by Crippen LogP contribution is -2.15. The number of hydrogen-bond donors (Lipinski definition) is 2. The van der Waals surface area contributed by atoms with Crippen LogP contribution >= 0.6 is 0 Å². The van der Waals surface area contributed by atoms with Gasteiger partial charge >= 0.3 is 6.01 Å². The summed E-state index contributed by atoms with van der Waals surface area (Å²) in [5.74, 6) is 0.304. The van der Waals surface area contributed by atoms with Gasteiger partial charge in [-0.3, -0.25) is 4.57 Å². The molecule has 8 heteroatoms. The second kappa shape index (κ2) is 4.63. The molecule has 1 aliphatic rings. The van der Waals surface area contributed by atoms with Crippen LogP contribution in [0.1, 0.15) is 19.1 Å². The van der Waals surface area contributed by atoms with Crippen LogP contribution in [0.15, 0.2) is 6.33 Å². The topological polar surface area (TPSA) is 108 Å². The zero-order valence-electron chi connectivity index (χ0n) is 10.5. The standard InChI is InChI=1S/C11H15N5O3/c1-18-11-15-8-9(12)13-5-14-10(8)16(11)7-3-2-6(4-17)19-7/h5-7,17H,2-4H2,1H3,(H2,12,13,14). The van der Waals surface area contributed by atoms with Gasteiger partial charge in [0.1, 0.15) is 12.6 Å². The maximum absolute atomic E-state index is 9.14. The Balaban J connectivity index is 2.09. The predicted molar refractivity (Wildman–Crippen MR) is 66.5 cm³/mol. The zero-order chi connectivity index (χ0) is 13.4. The van der Waals surface area contributed by atoms with Crippen LogP contribution < -0.4 is 10.5 Å². The number of methoxy groups -OCH3 is 1. The lowest BCUT2D eigenvalue weighted by atomic mass is 10.2. The summed E-state index contributed by atoms with van der Waals surface area (Å²) in [6.07, 6.45) is 2.51. The van der Waals surface area contributed by atoms with Crippen LogP contribution in [-0.4, -0.2) is 44.4 Å². The molecule has 1 saturated heterocycles. The molecule has 3 N–H and O–H groups in total. The maximum atomic E-state index is 9.14. The van der Waals surface area contributed by atoms with Crippen LogP contribution in [0.3, 0.4) is 0 Å². The van der Waals surface area contributed by atoms with Gasteiger partial charge in [0.2, 0.25) is 0 Å². The highest BCUT2D eigenvalue weighted by Crippen LogP contribution is 2.34. The summed E-state index contributed by atoms with van der Waals surface area (Å²) < 4.78 is 12.7. The van der Waals surface area contributed by atoms with E-state index in [-0.39, 0.29) is 18.9 Å². The highest BCUT2D eigenvalue weighted by molar-refractivity contribution is 5.82. The summed E-state index contributed by atoms with van der Waals surface area (Å²) >= 11 is 0. The summed E-state index contributed by atoms with van der Waals surface area (Å²) in [5, 5.41) is 9.14. The van der Waals surface area contributed by atoms with E-state index in [1.807, 2.05) is 0 Å². The number of rotatable bonds is 3. The molecule has 1 fully saturated rings. The van der Waals surface area contributed by atoms with Crippen LogP contribution in [0.2, 0.25) is 0 Å². The minimum Gasteiger partial charge on any atom is -0.468 e. The number of imidazole rings is 1. The zero-order valence-corrected chi connectivity index (χ0v) is 10.5. The Hall–Kier alpha value is -1.93. The molecule has 19 heavy (non-hydrogen) atoms. The third-order valence-corrected chi connectivity index (χ3v) is 3.23. The Morgan fingerprint density at radius 1 is 1.53 bits per heavy atom. The Bertz CT molecular complexity index is 599. The largest absolute Gasteiger partial charge is 0.468 e. The third kappa shape index (κ3) is 1.89. The van der Waals surface area contributed by atoms with E-state index < -0.39 is 0 Å². The molecule has 1 aliphatic heterocycles. The summed E-state index contributed by atoms with van der Waals surface area (Å²) in [6, 6.07) is 0.380. The number of hydrogen-bond acceptors (Lipinski definition) is 7. The van der Waals surface area contributed by atoms with Crippen molar-refractivity contribution >= 4 is 17.0 Å². The Morgan fingerprint density at radius 2 is 2.37 bits per heavy atom. The van der Waals surface area contributed by atoms with Crippen molar-refractivity contribution in [1.82, 2.24) is 19.5 Å². The third-order valence-electron chi connectivity index (χ3n) is 3.23. The molecule has 2 unspecified atom stereocenters. The van der Waals surface area contributed by atoms with Gasteiger partial charge in [-0.15, -0.1) is 0 Å². The number of anilines is 1. The van der Waals surface area contributed by atoms with Gasteiger partial charge in [0.15, 0.2) is 17.0 Å². The molecule has 0 spiro atoms. The summed E-state index contributed by atoms with van der Waals surface area (Å²) in [6.45, 7) is 0.00255. The van der Waals surface area contributed by atoms with Gasteiger partial charge in [0.25, 0.3) is 0 Å². The predicted octanol–water partition coefficient (Wildman–Crippen LogP) is 0.0870. The number of nitrogens with zero attached hydrogens (tertiary/aromatic N) is 4. The van der Waals surface area contributed by atoms with E-state index in [1.165, 1.54) is 13.4 Å². The van der Waals surface area contributed by atoms with Crippen LogP contribution in [0.25, 0.3) is 11.2 Å². The minimum absolute atomic E-state index is 0.00255. The number of fused-ring (bicyclic) bond motifs is 1. The molecule has 0 bridgehead atoms. The molecule has 0 aliphatic carbocycles. The summed E-state index contributed by atoms with van der Waals surface area (Å²) in [5.41, 5.74) is 6.85. The monoisotopic (exact) mass is 265 g/mol. The lowest BCUT2D eigenvalue weighted by molar-refractivity contribution is -0.0235. The summed E-state index contributed by atoms with van der Waals surface area (Å²) in [4.78, 5) is 12.4. The molecule has 0 radical (unpaired) electrons. The van der Waals surface area contributed by atoms with Crippen molar-refractivity contribution < 1.29 is 14.6 Å². The fourth-order valence-corrected chi connectivity index (χ4v) is 2.32. The van der Waals surface area contributed by atoms with Crippen molar-refractivity contribution in [2.24, 2.45) is 0 Å². The molecule has 2 atom stereocenters. The molecule has 0 aromatic carbocycles. The van der Waals surface area contributed by atoms with Crippen LogP contribution in [0, 0.1) is 0 Å². The van der Waals surface area contributed by atoms with Gasteiger partial charge in [-0.1, -0.05) is 0 Å². The first-order valence-corrected chi connectivity index (χ1v) is 6.03. The first kappa shape index (κ1) is 12.1. The highest BCUT2D eigenvalue weighted by atomic mass is 16.5. The van der Waals surface area contributed by atoms with Crippen LogP contribution in [-0.2, 0) is 4.74 Å². The molecule has 102 valence electrons. The smallest absolute Gasteiger partial charge is 0.300 e. The molecule has 2 aromatic rings. The number of ether oxygens (including phenoxy) is 2. The van der Waals surface area contributed by atoms with E-state index >= 15 is 0 Å². The molecule has 0 saturated carbocycles. The van der Waals surface area contributed by atoms with Gasteiger partial charge in [0, 0.05) is 0 Å². The van der Waals surface area contributed by atoms with Crippen molar-refractivity contribution in [3.63, 3.8) is 0 Å². The normalized spacial score (nSPS) is 23.1. The molecule has 3 heterocycles. The number of aliphatic hydroxyl groups is 1. The Morgan fingerprint density at radius 3 is 3.05 bits per heavy atom. The second-order valence-corrected chi connectivity index (χ2v) is 4.37. The fraction of sp³-hybridized carbons (Fsp3) is 0.545. The number of nitrogen functional groups attached to an aromatic ring is 1. The van der Waals surface area contributed by atoms with Crippen LogP contribution in [0.5, 0.6) is 6.01 Å². The second-order valence-electron chi connectivity index (χ2n) is 4.37. The number of nitrogens with two attached hydrogens (primary N) is 1. The lowest BCUT2D eigenvalue weighted by Gasteiger charge is -2.15. The maximum Gasteiger partial charge on any atom is 0.300 e. The van der Waals surface area contributed by atoms with Crippen molar-refractivity contribution in [2.75, 3.05) is 19.5 Å². The first-order chi connectivity index (χ1) is 9.24.